The summed E-state index contributed by atoms with van der Waals surface area (Å²) in [5.74, 6) is -1.83. The molecule has 0 radical (unpaired) electrons. The van der Waals surface area contributed by atoms with E-state index in [9.17, 15) is 18.8 Å². The summed E-state index contributed by atoms with van der Waals surface area (Å²) in [4.78, 5) is 34.0. The van der Waals surface area contributed by atoms with Crippen molar-refractivity contribution in [2.45, 2.75) is 38.1 Å². The second kappa shape index (κ2) is 4.71. The molecule has 0 aromatic carbocycles. The summed E-state index contributed by atoms with van der Waals surface area (Å²) in [6.45, 7) is 0.410. The van der Waals surface area contributed by atoms with Crippen LogP contribution in [-0.2, 0) is 28.6 Å². The van der Waals surface area contributed by atoms with Gasteiger partial charge in [0.2, 0.25) is 0 Å². The zero-order chi connectivity index (χ0) is 14.4. The molecule has 0 N–H and O–H groups in total. The molecule has 1 aliphatic heterocycles. The summed E-state index contributed by atoms with van der Waals surface area (Å²) >= 11 is 0. The minimum Gasteiger partial charge on any atom is -0.458 e. The number of rotatable bonds is 4. The van der Waals surface area contributed by atoms with Gasteiger partial charge in [-0.25, -0.2) is 14.0 Å². The summed E-state index contributed by atoms with van der Waals surface area (Å²) in [7, 11) is 0. The van der Waals surface area contributed by atoms with Crippen molar-refractivity contribution in [1.82, 2.24) is 0 Å². The van der Waals surface area contributed by atoms with Gasteiger partial charge in [0.1, 0.15) is 12.2 Å². The summed E-state index contributed by atoms with van der Waals surface area (Å²) in [6.07, 6.45) is -1.11. The molecular weight excluding hydrogens is 271 g/mol. The van der Waals surface area contributed by atoms with Crippen LogP contribution >= 0.6 is 0 Å². The number of alkyl halides is 1. The number of carbonyl (C=O) groups is 3. The molecule has 6 nitrogen and oxygen atoms in total. The zero-order valence-corrected chi connectivity index (χ0v) is 10.9. The van der Waals surface area contributed by atoms with Gasteiger partial charge in [-0.15, -0.1) is 0 Å². The largest absolute Gasteiger partial charge is 0.458 e. The van der Waals surface area contributed by atoms with Gasteiger partial charge in [-0.3, -0.25) is 4.79 Å². The molecule has 2 saturated carbocycles. The number of hydrogen-bond acceptors (Lipinski definition) is 6. The van der Waals surface area contributed by atoms with E-state index in [2.05, 4.69) is 4.74 Å². The molecule has 0 amide bonds. The predicted octanol–water partition coefficient (Wildman–Crippen LogP) is 0.381. The summed E-state index contributed by atoms with van der Waals surface area (Å²) in [5, 5.41) is 0. The average molecular weight is 286 g/mol. The zero-order valence-electron chi connectivity index (χ0n) is 10.9. The Labute approximate surface area is 114 Å². The van der Waals surface area contributed by atoms with E-state index in [-0.39, 0.29) is 29.8 Å². The molecular formula is C13H15FO6. The first-order valence-corrected chi connectivity index (χ1v) is 6.68. The third kappa shape index (κ3) is 2.05. The quantitative estimate of drug-likeness (QED) is 0.549. The smallest absolute Gasteiger partial charge is 0.344 e. The topological polar surface area (TPSA) is 78.9 Å². The molecule has 3 fully saturated rings. The standard InChI is InChI=1S/C13H15FO6/c1-5(14)12(16)18-4-9(15)19-10-6-2-7-8(3-6)13(17)20-11(7)10/h5-8,10-11H,2-4H2,1H3. The molecule has 7 heteroatoms. The van der Waals surface area contributed by atoms with Gasteiger partial charge in [0.25, 0.3) is 0 Å². The van der Waals surface area contributed by atoms with Crippen LogP contribution in [0.2, 0.25) is 0 Å². The Bertz CT molecular complexity index is 462. The van der Waals surface area contributed by atoms with E-state index < -0.39 is 30.8 Å². The molecule has 0 aromatic rings. The van der Waals surface area contributed by atoms with Crippen LogP contribution in [-0.4, -0.2) is 42.9 Å². The number of fused-ring (bicyclic) bond motifs is 1. The normalized spacial score (nSPS) is 38.5. The van der Waals surface area contributed by atoms with E-state index in [0.29, 0.717) is 6.42 Å². The Kier molecular flexibility index (Phi) is 3.14. The van der Waals surface area contributed by atoms with Gasteiger partial charge in [0.15, 0.2) is 12.8 Å². The first-order chi connectivity index (χ1) is 9.47. The van der Waals surface area contributed by atoms with Crippen molar-refractivity contribution in [3.63, 3.8) is 0 Å². The van der Waals surface area contributed by atoms with Crippen LogP contribution in [0.25, 0.3) is 0 Å². The lowest BCUT2D eigenvalue weighted by atomic mass is 9.88. The summed E-state index contributed by atoms with van der Waals surface area (Å²) < 4.78 is 27.5. The molecule has 110 valence electrons. The van der Waals surface area contributed by atoms with Gasteiger partial charge in [-0.2, -0.15) is 0 Å². The van der Waals surface area contributed by atoms with Gasteiger partial charge in [-0.1, -0.05) is 0 Å². The SMILES string of the molecule is CC(F)C(=O)OCC(=O)OC1C2CC3C(=O)OC1C3C2. The maximum absolute atomic E-state index is 12.6. The molecule has 1 saturated heterocycles. The van der Waals surface area contributed by atoms with E-state index >= 15 is 0 Å². The second-order valence-corrected chi connectivity index (χ2v) is 5.58. The molecule has 3 rings (SSSR count). The average Bonchev–Trinajstić information content (AvgIpc) is 3.00. The number of esters is 3. The van der Waals surface area contributed by atoms with Crippen LogP contribution in [0.5, 0.6) is 0 Å². The highest BCUT2D eigenvalue weighted by Gasteiger charge is 2.63. The van der Waals surface area contributed by atoms with Crippen LogP contribution < -0.4 is 0 Å². The Hall–Kier alpha value is -1.66. The van der Waals surface area contributed by atoms with Crippen LogP contribution in [0.1, 0.15) is 19.8 Å². The maximum atomic E-state index is 12.6. The van der Waals surface area contributed by atoms with E-state index in [1.807, 2.05) is 0 Å². The Morgan fingerprint density at radius 2 is 2.20 bits per heavy atom. The molecule has 6 unspecified atom stereocenters. The van der Waals surface area contributed by atoms with Crippen molar-refractivity contribution < 1.29 is 33.0 Å². The van der Waals surface area contributed by atoms with E-state index in [4.69, 9.17) is 9.47 Å². The van der Waals surface area contributed by atoms with Gasteiger partial charge in [0.05, 0.1) is 5.92 Å². The number of hydrogen-bond donors (Lipinski definition) is 0. The summed E-state index contributed by atoms with van der Waals surface area (Å²) in [5.41, 5.74) is 0. The fourth-order valence-electron chi connectivity index (χ4n) is 3.50. The molecule has 2 aliphatic carbocycles. The Morgan fingerprint density at radius 1 is 1.45 bits per heavy atom. The fourth-order valence-corrected chi connectivity index (χ4v) is 3.50. The molecule has 1 heterocycles. The lowest BCUT2D eigenvalue weighted by Gasteiger charge is -2.25. The first-order valence-electron chi connectivity index (χ1n) is 6.68. The molecule has 6 atom stereocenters. The second-order valence-electron chi connectivity index (χ2n) is 5.58. The van der Waals surface area contributed by atoms with Crippen LogP contribution in [0.4, 0.5) is 4.39 Å². The minimum atomic E-state index is -1.78. The van der Waals surface area contributed by atoms with Crippen molar-refractivity contribution in [1.29, 1.82) is 0 Å². The monoisotopic (exact) mass is 286 g/mol. The summed E-state index contributed by atoms with van der Waals surface area (Å²) in [6, 6.07) is 0. The Morgan fingerprint density at radius 3 is 2.90 bits per heavy atom. The maximum Gasteiger partial charge on any atom is 0.344 e. The van der Waals surface area contributed by atoms with Crippen LogP contribution in [0.15, 0.2) is 0 Å². The highest BCUT2D eigenvalue weighted by molar-refractivity contribution is 5.79. The predicted molar refractivity (Wildman–Crippen MR) is 61.0 cm³/mol. The van der Waals surface area contributed by atoms with Crippen molar-refractivity contribution in [2.75, 3.05) is 6.61 Å². The van der Waals surface area contributed by atoms with Crippen molar-refractivity contribution in [3.05, 3.63) is 0 Å². The molecule has 0 spiro atoms. The molecule has 3 aliphatic rings. The Balaban J connectivity index is 1.53. The van der Waals surface area contributed by atoms with E-state index in [0.717, 1.165) is 13.3 Å². The highest BCUT2D eigenvalue weighted by Crippen LogP contribution is 2.55. The van der Waals surface area contributed by atoms with Crippen molar-refractivity contribution in [2.24, 2.45) is 17.8 Å². The lowest BCUT2D eigenvalue weighted by molar-refractivity contribution is -0.171. The van der Waals surface area contributed by atoms with Crippen LogP contribution in [0, 0.1) is 17.8 Å². The third-order valence-corrected chi connectivity index (χ3v) is 4.34. The molecule has 0 aromatic heterocycles. The van der Waals surface area contributed by atoms with Gasteiger partial charge < -0.3 is 14.2 Å². The third-order valence-electron chi connectivity index (χ3n) is 4.34. The van der Waals surface area contributed by atoms with Crippen molar-refractivity contribution >= 4 is 17.9 Å². The fraction of sp³-hybridized carbons (Fsp3) is 0.769. The van der Waals surface area contributed by atoms with Gasteiger partial charge in [0, 0.05) is 11.8 Å². The van der Waals surface area contributed by atoms with Gasteiger partial charge >= 0.3 is 17.9 Å². The lowest BCUT2D eigenvalue weighted by Crippen LogP contribution is -2.37. The molecule has 2 bridgehead atoms. The highest BCUT2D eigenvalue weighted by atomic mass is 19.1. The number of halogens is 1. The van der Waals surface area contributed by atoms with Gasteiger partial charge in [-0.05, 0) is 19.8 Å². The number of carbonyl (C=O) groups excluding carboxylic acids is 3. The number of ether oxygens (including phenoxy) is 3. The van der Waals surface area contributed by atoms with Crippen molar-refractivity contribution in [3.8, 4) is 0 Å². The van der Waals surface area contributed by atoms with E-state index in [1.54, 1.807) is 0 Å². The molecule has 20 heavy (non-hydrogen) atoms. The first kappa shape index (κ1) is 13.3. The minimum absolute atomic E-state index is 0.0508. The van der Waals surface area contributed by atoms with E-state index in [1.165, 1.54) is 0 Å². The van der Waals surface area contributed by atoms with Crippen LogP contribution in [0.3, 0.4) is 0 Å².